The highest BCUT2D eigenvalue weighted by Crippen LogP contribution is 2.44. The van der Waals surface area contributed by atoms with Gasteiger partial charge in [-0.3, -0.25) is 0 Å². The van der Waals surface area contributed by atoms with Crippen molar-refractivity contribution in [2.24, 2.45) is 0 Å². The number of halogens is 1. The van der Waals surface area contributed by atoms with E-state index < -0.39 is 35.7 Å². The zero-order chi connectivity index (χ0) is 25.1. The molecule has 9 heteroatoms. The third-order valence-electron chi connectivity index (χ3n) is 6.14. The predicted octanol–water partition coefficient (Wildman–Crippen LogP) is 3.43. The monoisotopic (exact) mass is 480 g/mol. The van der Waals surface area contributed by atoms with Crippen molar-refractivity contribution in [1.29, 1.82) is 0 Å². The smallest absolute Gasteiger partial charge is 0.407 e. The van der Waals surface area contributed by atoms with Crippen LogP contribution in [0.15, 0.2) is 60.7 Å². The number of carbonyl (C=O) groups excluding carboxylic acids is 1. The van der Waals surface area contributed by atoms with E-state index in [1.54, 1.807) is 0 Å². The molecule has 0 spiro atoms. The van der Waals surface area contributed by atoms with Gasteiger partial charge < -0.3 is 31.1 Å². The lowest BCUT2D eigenvalue weighted by atomic mass is 9.98. The number of hydrogen-bond donors (Lipinski definition) is 5. The summed E-state index contributed by atoms with van der Waals surface area (Å²) in [4.78, 5) is 23.4. The fourth-order valence-electron chi connectivity index (χ4n) is 4.35. The molecular formula is C26H25FN2O6. The summed E-state index contributed by atoms with van der Waals surface area (Å²) in [7, 11) is 0. The van der Waals surface area contributed by atoms with Gasteiger partial charge in [-0.2, -0.15) is 0 Å². The van der Waals surface area contributed by atoms with Crippen LogP contribution in [0.4, 0.5) is 14.9 Å². The summed E-state index contributed by atoms with van der Waals surface area (Å²) in [5.74, 6) is -2.43. The molecule has 1 aliphatic rings. The van der Waals surface area contributed by atoms with E-state index in [2.05, 4.69) is 5.32 Å². The Bertz CT molecular complexity index is 1220. The SMILES string of the molecule is Nc1cc(F)c(C(O)C(O)CCNC(=O)OCC2c3ccccc3-c3ccccc32)cc1C(=O)O. The number of amides is 1. The summed E-state index contributed by atoms with van der Waals surface area (Å²) in [6.07, 6.45) is -4.00. The van der Waals surface area contributed by atoms with Crippen molar-refractivity contribution in [3.05, 3.63) is 88.7 Å². The van der Waals surface area contributed by atoms with E-state index in [-0.39, 0.29) is 36.7 Å². The number of alkyl carbamates (subject to hydrolysis) is 1. The number of rotatable bonds is 8. The zero-order valence-electron chi connectivity index (χ0n) is 18.6. The van der Waals surface area contributed by atoms with Gasteiger partial charge in [-0.25, -0.2) is 14.0 Å². The minimum absolute atomic E-state index is 0.0583. The summed E-state index contributed by atoms with van der Waals surface area (Å²) in [6.45, 7) is 0.0664. The summed E-state index contributed by atoms with van der Waals surface area (Å²) < 4.78 is 19.6. The van der Waals surface area contributed by atoms with Crippen LogP contribution in [0.2, 0.25) is 0 Å². The number of nitrogens with two attached hydrogens (primary N) is 1. The molecule has 0 fully saturated rings. The summed E-state index contributed by atoms with van der Waals surface area (Å²) in [5, 5.41) is 32.2. The average Bonchev–Trinajstić information content (AvgIpc) is 3.16. The maximum absolute atomic E-state index is 14.2. The second kappa shape index (κ2) is 10.1. The average molecular weight is 480 g/mol. The largest absolute Gasteiger partial charge is 0.478 e. The highest BCUT2D eigenvalue weighted by Gasteiger charge is 2.29. The first kappa shape index (κ1) is 24.2. The second-order valence-electron chi connectivity index (χ2n) is 8.32. The lowest BCUT2D eigenvalue weighted by Crippen LogP contribution is -2.31. The van der Waals surface area contributed by atoms with Gasteiger partial charge in [0, 0.05) is 23.7 Å². The molecule has 3 aromatic carbocycles. The number of aromatic carboxylic acids is 1. The van der Waals surface area contributed by atoms with Gasteiger partial charge in [-0.05, 0) is 40.8 Å². The molecule has 2 atom stereocenters. The minimum atomic E-state index is -1.71. The Morgan fingerprint density at radius 3 is 2.23 bits per heavy atom. The number of anilines is 1. The van der Waals surface area contributed by atoms with Crippen LogP contribution in [-0.2, 0) is 4.74 Å². The van der Waals surface area contributed by atoms with Crippen LogP contribution < -0.4 is 11.1 Å². The van der Waals surface area contributed by atoms with Crippen molar-refractivity contribution in [1.82, 2.24) is 5.32 Å². The number of ether oxygens (including phenoxy) is 1. The number of carboxylic acids is 1. The molecule has 8 nitrogen and oxygen atoms in total. The van der Waals surface area contributed by atoms with Crippen molar-refractivity contribution in [2.75, 3.05) is 18.9 Å². The Kier molecular flexibility index (Phi) is 6.99. The molecule has 0 aromatic heterocycles. The molecule has 2 unspecified atom stereocenters. The number of nitrogens with one attached hydrogen (secondary N) is 1. The van der Waals surface area contributed by atoms with Crippen molar-refractivity contribution < 1.29 is 34.0 Å². The number of benzene rings is 3. The third kappa shape index (κ3) is 4.96. The first-order valence-corrected chi connectivity index (χ1v) is 11.0. The number of aliphatic hydroxyl groups excluding tert-OH is 2. The number of aliphatic hydroxyl groups is 2. The molecule has 35 heavy (non-hydrogen) atoms. The molecule has 6 N–H and O–H groups in total. The zero-order valence-corrected chi connectivity index (χ0v) is 18.6. The lowest BCUT2D eigenvalue weighted by molar-refractivity contribution is 0.0116. The van der Waals surface area contributed by atoms with E-state index in [0.717, 1.165) is 34.4 Å². The van der Waals surface area contributed by atoms with Gasteiger partial charge in [0.1, 0.15) is 18.5 Å². The van der Waals surface area contributed by atoms with Crippen LogP contribution in [0, 0.1) is 5.82 Å². The van der Waals surface area contributed by atoms with Crippen LogP contribution in [0.25, 0.3) is 11.1 Å². The molecular weight excluding hydrogens is 455 g/mol. The van der Waals surface area contributed by atoms with Crippen molar-refractivity contribution in [2.45, 2.75) is 24.5 Å². The van der Waals surface area contributed by atoms with Crippen LogP contribution >= 0.6 is 0 Å². The summed E-state index contributed by atoms with van der Waals surface area (Å²) in [5.41, 5.74) is 8.77. The van der Waals surface area contributed by atoms with Crippen molar-refractivity contribution in [3.63, 3.8) is 0 Å². The van der Waals surface area contributed by atoms with E-state index in [0.29, 0.717) is 0 Å². The summed E-state index contributed by atoms with van der Waals surface area (Å²) in [6, 6.07) is 17.5. The van der Waals surface area contributed by atoms with Crippen LogP contribution in [0.1, 0.15) is 45.5 Å². The molecule has 0 heterocycles. The predicted molar refractivity (Wildman–Crippen MR) is 126 cm³/mol. The lowest BCUT2D eigenvalue weighted by Gasteiger charge is -2.20. The molecule has 3 aromatic rings. The molecule has 0 saturated heterocycles. The van der Waals surface area contributed by atoms with Gasteiger partial charge in [0.25, 0.3) is 0 Å². The topological polar surface area (TPSA) is 142 Å². The fourth-order valence-corrected chi connectivity index (χ4v) is 4.35. The fraction of sp³-hybridized carbons (Fsp3) is 0.231. The van der Waals surface area contributed by atoms with E-state index in [9.17, 15) is 24.2 Å². The molecule has 182 valence electrons. The van der Waals surface area contributed by atoms with Gasteiger partial charge >= 0.3 is 12.1 Å². The van der Waals surface area contributed by atoms with Gasteiger partial charge in [-0.15, -0.1) is 0 Å². The van der Waals surface area contributed by atoms with Crippen molar-refractivity contribution >= 4 is 17.7 Å². The second-order valence-corrected chi connectivity index (χ2v) is 8.32. The number of fused-ring (bicyclic) bond motifs is 3. The first-order chi connectivity index (χ1) is 16.8. The minimum Gasteiger partial charge on any atom is -0.478 e. The van der Waals surface area contributed by atoms with Crippen LogP contribution in [0.3, 0.4) is 0 Å². The summed E-state index contributed by atoms with van der Waals surface area (Å²) >= 11 is 0. The Morgan fingerprint density at radius 1 is 1.03 bits per heavy atom. The van der Waals surface area contributed by atoms with Gasteiger partial charge in [0.2, 0.25) is 0 Å². The molecule has 0 saturated carbocycles. The third-order valence-corrected chi connectivity index (χ3v) is 6.14. The Hall–Kier alpha value is -3.95. The first-order valence-electron chi connectivity index (χ1n) is 11.0. The number of carbonyl (C=O) groups is 2. The van der Waals surface area contributed by atoms with Crippen LogP contribution in [-0.4, -0.2) is 46.6 Å². The molecule has 1 amide bonds. The maximum Gasteiger partial charge on any atom is 0.407 e. The van der Waals surface area contributed by atoms with Gasteiger partial charge in [0.15, 0.2) is 0 Å². The Balaban J connectivity index is 1.31. The van der Waals surface area contributed by atoms with E-state index in [4.69, 9.17) is 15.6 Å². The Morgan fingerprint density at radius 2 is 1.63 bits per heavy atom. The maximum atomic E-state index is 14.2. The van der Waals surface area contributed by atoms with E-state index in [1.807, 2.05) is 48.5 Å². The van der Waals surface area contributed by atoms with E-state index >= 15 is 0 Å². The van der Waals surface area contributed by atoms with Crippen molar-refractivity contribution in [3.8, 4) is 11.1 Å². The highest BCUT2D eigenvalue weighted by molar-refractivity contribution is 5.93. The normalized spacial score (nSPS) is 14.0. The molecule has 0 bridgehead atoms. The number of carboxylic acid groups (broad SMARTS) is 1. The van der Waals surface area contributed by atoms with E-state index in [1.165, 1.54) is 0 Å². The molecule has 4 rings (SSSR count). The highest BCUT2D eigenvalue weighted by atomic mass is 19.1. The number of hydrogen-bond acceptors (Lipinski definition) is 6. The molecule has 0 radical (unpaired) electrons. The molecule has 0 aliphatic heterocycles. The Labute approximate surface area is 200 Å². The van der Waals surface area contributed by atoms with Gasteiger partial charge in [-0.1, -0.05) is 48.5 Å². The number of nitrogen functional groups attached to an aromatic ring is 1. The van der Waals surface area contributed by atoms with Gasteiger partial charge in [0.05, 0.1) is 11.7 Å². The standard InChI is InChI=1S/C26H25FN2O6/c27-21-12-22(28)19(25(32)33)11-18(21)24(31)23(30)9-10-29-26(34)35-13-20-16-7-3-1-5-14(16)15-6-2-4-8-17(15)20/h1-8,11-12,20,23-24,30-31H,9-10,13,28H2,(H,29,34)(H,32,33). The van der Waals surface area contributed by atoms with Crippen LogP contribution in [0.5, 0.6) is 0 Å². The quantitative estimate of drug-likeness (QED) is 0.311. The molecule has 1 aliphatic carbocycles.